The van der Waals surface area contributed by atoms with Crippen LogP contribution in [0.3, 0.4) is 0 Å². The van der Waals surface area contributed by atoms with E-state index < -0.39 is 17.8 Å². The number of aromatic nitrogens is 3. The number of likely N-dealkylation sites (N-methyl/N-ethyl adjacent to an activating group) is 1. The number of amides is 2. The molecule has 2 aromatic carbocycles. The average Bonchev–Trinajstić information content (AvgIpc) is 3.44. The molecule has 0 unspecified atom stereocenters. The number of likely N-dealkylation sites (tertiary alicyclic amines) is 1. The van der Waals surface area contributed by atoms with Gasteiger partial charge in [0.1, 0.15) is 22.7 Å². The second-order valence-electron chi connectivity index (χ2n) is 9.51. The van der Waals surface area contributed by atoms with Gasteiger partial charge in [0.05, 0.1) is 11.6 Å². The second kappa shape index (κ2) is 12.3. The number of pyridine rings is 1. The van der Waals surface area contributed by atoms with E-state index in [1.54, 1.807) is 18.2 Å². The standard InChI is InChI=1S/C28H26BrFN6O4/c1-36-14-19(12-20(15-36)31-28(38)39-16-17-6-3-2-4-7-17)27-34-25(35-40-27)18-10-11-22(21(30)13-18)33-26(37)23-8-5-9-24(29)32-23/h2-11,13,19-20H,12,14-16H2,1H3,(H,31,38)(H,33,37)/t19-,20+/m1/s1. The molecule has 1 aliphatic heterocycles. The van der Waals surface area contributed by atoms with Gasteiger partial charge in [0.15, 0.2) is 0 Å². The van der Waals surface area contributed by atoms with Gasteiger partial charge in [0.25, 0.3) is 5.91 Å². The van der Waals surface area contributed by atoms with E-state index in [9.17, 15) is 14.0 Å². The first-order valence-electron chi connectivity index (χ1n) is 12.6. The van der Waals surface area contributed by atoms with Gasteiger partial charge in [0, 0.05) is 24.7 Å². The lowest BCUT2D eigenvalue weighted by Crippen LogP contribution is -2.49. The molecule has 4 aromatic rings. The van der Waals surface area contributed by atoms with E-state index in [1.807, 2.05) is 37.4 Å². The van der Waals surface area contributed by atoms with Crippen molar-refractivity contribution in [3.05, 3.63) is 94.3 Å². The molecule has 2 amide bonds. The number of alkyl carbamates (subject to hydrolysis) is 1. The third-order valence-corrected chi connectivity index (χ3v) is 6.82. The quantitative estimate of drug-likeness (QED) is 0.281. The van der Waals surface area contributed by atoms with Gasteiger partial charge in [-0.1, -0.05) is 41.6 Å². The first-order chi connectivity index (χ1) is 19.3. The van der Waals surface area contributed by atoms with E-state index in [0.29, 0.717) is 35.6 Å². The number of anilines is 1. The fourth-order valence-corrected chi connectivity index (χ4v) is 4.87. The van der Waals surface area contributed by atoms with Gasteiger partial charge in [0.2, 0.25) is 11.7 Å². The minimum atomic E-state index is -0.650. The molecular weight excluding hydrogens is 583 g/mol. The average molecular weight is 609 g/mol. The van der Waals surface area contributed by atoms with Crippen LogP contribution in [-0.2, 0) is 11.3 Å². The molecule has 2 N–H and O–H groups in total. The number of piperidine rings is 1. The summed E-state index contributed by atoms with van der Waals surface area (Å²) < 4.78 is 26.2. The molecule has 206 valence electrons. The molecule has 40 heavy (non-hydrogen) atoms. The van der Waals surface area contributed by atoms with E-state index in [0.717, 1.165) is 5.56 Å². The normalized spacial score (nSPS) is 17.3. The highest BCUT2D eigenvalue weighted by Crippen LogP contribution is 2.29. The smallest absolute Gasteiger partial charge is 0.407 e. The minimum absolute atomic E-state index is 0.00113. The Kier molecular flexibility index (Phi) is 8.46. The Morgan fingerprint density at radius 3 is 2.70 bits per heavy atom. The van der Waals surface area contributed by atoms with Crippen LogP contribution < -0.4 is 10.6 Å². The van der Waals surface area contributed by atoms with Crippen molar-refractivity contribution >= 4 is 33.6 Å². The lowest BCUT2D eigenvalue weighted by Gasteiger charge is -2.34. The molecule has 1 fully saturated rings. The molecule has 3 heterocycles. The molecule has 0 spiro atoms. The van der Waals surface area contributed by atoms with Crippen LogP contribution in [0.5, 0.6) is 0 Å². The lowest BCUT2D eigenvalue weighted by atomic mass is 9.94. The number of carbonyl (C=O) groups is 2. The fourth-order valence-electron chi connectivity index (χ4n) is 4.53. The Morgan fingerprint density at radius 2 is 1.93 bits per heavy atom. The van der Waals surface area contributed by atoms with Gasteiger partial charge >= 0.3 is 6.09 Å². The molecular formula is C28H26BrFN6O4. The third kappa shape index (κ3) is 6.88. The van der Waals surface area contributed by atoms with E-state index >= 15 is 0 Å². The molecule has 5 rings (SSSR count). The summed E-state index contributed by atoms with van der Waals surface area (Å²) in [5.41, 5.74) is 1.45. The molecule has 1 saturated heterocycles. The SMILES string of the molecule is CN1C[C@@H](NC(=O)OCc2ccccc2)C[C@@H](c2nc(-c3ccc(NC(=O)c4cccc(Br)n4)c(F)c3)no2)C1. The number of hydrogen-bond acceptors (Lipinski definition) is 8. The summed E-state index contributed by atoms with van der Waals surface area (Å²) in [7, 11) is 1.94. The molecule has 0 bridgehead atoms. The fraction of sp³-hybridized carbons (Fsp3) is 0.250. The summed E-state index contributed by atoms with van der Waals surface area (Å²) >= 11 is 3.21. The number of halogens is 2. The first-order valence-corrected chi connectivity index (χ1v) is 13.4. The van der Waals surface area contributed by atoms with E-state index in [4.69, 9.17) is 9.26 Å². The van der Waals surface area contributed by atoms with Crippen LogP contribution in [0.15, 0.2) is 75.9 Å². The van der Waals surface area contributed by atoms with E-state index in [2.05, 4.69) is 46.6 Å². The van der Waals surface area contributed by atoms with Crippen LogP contribution in [0.2, 0.25) is 0 Å². The molecule has 10 nitrogen and oxygen atoms in total. The highest BCUT2D eigenvalue weighted by atomic mass is 79.9. The zero-order valence-corrected chi connectivity index (χ0v) is 23.1. The third-order valence-electron chi connectivity index (χ3n) is 6.38. The zero-order valence-electron chi connectivity index (χ0n) is 21.5. The monoisotopic (exact) mass is 608 g/mol. The molecule has 0 aliphatic carbocycles. The number of rotatable bonds is 7. The predicted molar refractivity (Wildman–Crippen MR) is 148 cm³/mol. The van der Waals surface area contributed by atoms with Crippen molar-refractivity contribution in [2.45, 2.75) is 25.0 Å². The van der Waals surface area contributed by atoms with Crippen molar-refractivity contribution in [3.63, 3.8) is 0 Å². The molecule has 2 atom stereocenters. The molecule has 2 aromatic heterocycles. The summed E-state index contributed by atoms with van der Waals surface area (Å²) in [6.07, 6.45) is 0.0857. The van der Waals surface area contributed by atoms with Gasteiger partial charge < -0.3 is 24.8 Å². The van der Waals surface area contributed by atoms with Crippen molar-refractivity contribution < 1.29 is 23.2 Å². The van der Waals surface area contributed by atoms with Crippen molar-refractivity contribution in [2.24, 2.45) is 0 Å². The van der Waals surface area contributed by atoms with Crippen LogP contribution in [0, 0.1) is 5.82 Å². The summed E-state index contributed by atoms with van der Waals surface area (Å²) in [6.45, 7) is 1.49. The van der Waals surface area contributed by atoms with Crippen molar-refractivity contribution in [3.8, 4) is 11.4 Å². The predicted octanol–water partition coefficient (Wildman–Crippen LogP) is 5.00. The topological polar surface area (TPSA) is 122 Å². The van der Waals surface area contributed by atoms with Gasteiger partial charge in [-0.05, 0) is 65.3 Å². The summed E-state index contributed by atoms with van der Waals surface area (Å²) in [4.78, 5) is 35.5. The Morgan fingerprint density at radius 1 is 1.10 bits per heavy atom. The number of nitrogens with zero attached hydrogens (tertiary/aromatic N) is 4. The first kappa shape index (κ1) is 27.4. The van der Waals surface area contributed by atoms with E-state index in [-0.39, 0.29) is 35.8 Å². The second-order valence-corrected chi connectivity index (χ2v) is 10.3. The van der Waals surface area contributed by atoms with Gasteiger partial charge in [-0.15, -0.1) is 0 Å². The van der Waals surface area contributed by atoms with Crippen LogP contribution >= 0.6 is 15.9 Å². The van der Waals surface area contributed by atoms with Crippen molar-refractivity contribution in [1.29, 1.82) is 0 Å². The van der Waals surface area contributed by atoms with Crippen molar-refractivity contribution in [1.82, 2.24) is 25.3 Å². The molecule has 12 heteroatoms. The van der Waals surface area contributed by atoms with Crippen LogP contribution in [-0.4, -0.2) is 58.2 Å². The lowest BCUT2D eigenvalue weighted by molar-refractivity contribution is 0.102. The number of benzene rings is 2. The number of ether oxygens (including phenoxy) is 1. The van der Waals surface area contributed by atoms with Gasteiger partial charge in [-0.2, -0.15) is 4.98 Å². The Bertz CT molecular complexity index is 1500. The summed E-state index contributed by atoms with van der Waals surface area (Å²) in [6, 6.07) is 18.4. The zero-order chi connectivity index (χ0) is 28.1. The number of carbonyl (C=O) groups excluding carboxylic acids is 2. The summed E-state index contributed by atoms with van der Waals surface area (Å²) in [5.74, 6) is -0.711. The minimum Gasteiger partial charge on any atom is -0.445 e. The highest BCUT2D eigenvalue weighted by Gasteiger charge is 2.31. The van der Waals surface area contributed by atoms with Crippen LogP contribution in [0.25, 0.3) is 11.4 Å². The maximum atomic E-state index is 14.9. The Hall–Kier alpha value is -4.16. The van der Waals surface area contributed by atoms with E-state index in [1.165, 1.54) is 18.2 Å². The van der Waals surface area contributed by atoms with Gasteiger partial charge in [-0.25, -0.2) is 14.2 Å². The highest BCUT2D eigenvalue weighted by molar-refractivity contribution is 9.10. The van der Waals surface area contributed by atoms with Crippen molar-refractivity contribution in [2.75, 3.05) is 25.5 Å². The summed E-state index contributed by atoms with van der Waals surface area (Å²) in [5, 5.41) is 9.48. The molecule has 1 aliphatic rings. The van der Waals surface area contributed by atoms with Gasteiger partial charge in [-0.3, -0.25) is 4.79 Å². The number of nitrogens with one attached hydrogen (secondary N) is 2. The van der Waals surface area contributed by atoms with Crippen LogP contribution in [0.1, 0.15) is 34.3 Å². The molecule has 0 radical (unpaired) electrons. The Labute approximate surface area is 238 Å². The van der Waals surface area contributed by atoms with Crippen LogP contribution in [0.4, 0.5) is 14.9 Å². The Balaban J connectivity index is 1.21. The largest absolute Gasteiger partial charge is 0.445 e. The molecule has 0 saturated carbocycles. The maximum absolute atomic E-state index is 14.9. The maximum Gasteiger partial charge on any atom is 0.407 e. The number of hydrogen-bond donors (Lipinski definition) is 2.